The van der Waals surface area contributed by atoms with Gasteiger partial charge in [0.2, 0.25) is 0 Å². The molecule has 0 spiro atoms. The average molecular weight is 462 g/mol. The number of benzene rings is 4. The van der Waals surface area contributed by atoms with E-state index in [4.69, 9.17) is 9.47 Å². The summed E-state index contributed by atoms with van der Waals surface area (Å²) in [4.78, 5) is 7.23. The lowest BCUT2D eigenvalue weighted by Gasteiger charge is -2.10. The van der Waals surface area contributed by atoms with Crippen LogP contribution in [-0.2, 0) is 6.54 Å². The lowest BCUT2D eigenvalue weighted by atomic mass is 10.0. The molecule has 35 heavy (non-hydrogen) atoms. The molecule has 0 bridgehead atoms. The molecular weight excluding hydrogens is 438 g/mol. The second kappa shape index (κ2) is 7.21. The third kappa shape index (κ3) is 2.71. The summed E-state index contributed by atoms with van der Waals surface area (Å²) in [5.41, 5.74) is 5.17. The second-order valence-electron chi connectivity index (χ2n) is 8.90. The lowest BCUT2D eigenvalue weighted by Crippen LogP contribution is -1.99. The molecule has 3 aromatic heterocycles. The number of hydrogen-bond donors (Lipinski definition) is 3. The smallest absolute Gasteiger partial charge is 0.200 e. The zero-order valence-corrected chi connectivity index (χ0v) is 19.3. The predicted molar refractivity (Wildman–Crippen MR) is 141 cm³/mol. The molecule has 0 saturated carbocycles. The number of hydrogen-bond acceptors (Lipinski definition) is 3. The zero-order chi connectivity index (χ0) is 23.7. The first kappa shape index (κ1) is 19.9. The van der Waals surface area contributed by atoms with Crippen molar-refractivity contribution in [2.75, 3.05) is 14.2 Å². The van der Waals surface area contributed by atoms with Crippen molar-refractivity contribution >= 4 is 54.4 Å². The quantitative estimate of drug-likeness (QED) is 0.274. The maximum absolute atomic E-state index is 11.6. The van der Waals surface area contributed by atoms with E-state index < -0.39 is 0 Å². The van der Waals surface area contributed by atoms with Gasteiger partial charge in [-0.2, -0.15) is 0 Å². The van der Waals surface area contributed by atoms with Gasteiger partial charge in [0.15, 0.2) is 17.4 Å². The Balaban J connectivity index is 1.58. The number of fused-ring (bicyclic) bond motifs is 10. The van der Waals surface area contributed by atoms with E-state index in [0.717, 1.165) is 59.9 Å². The van der Waals surface area contributed by atoms with Crippen LogP contribution in [0.25, 0.3) is 54.4 Å². The summed E-state index contributed by atoms with van der Waals surface area (Å²) in [6, 6.07) is 22.4. The first-order valence-corrected chi connectivity index (χ1v) is 11.5. The van der Waals surface area contributed by atoms with Crippen LogP contribution in [-0.4, -0.2) is 33.9 Å². The highest BCUT2D eigenvalue weighted by atomic mass is 16.5. The minimum atomic E-state index is 0.247. The normalized spacial score (nSPS) is 11.9. The van der Waals surface area contributed by atoms with Crippen LogP contribution in [0.1, 0.15) is 5.56 Å². The molecule has 172 valence electrons. The second-order valence-corrected chi connectivity index (χ2v) is 8.90. The van der Waals surface area contributed by atoms with Gasteiger partial charge in [-0.15, -0.1) is 0 Å². The average Bonchev–Trinajstić information content (AvgIpc) is 3.55. The maximum Gasteiger partial charge on any atom is 0.200 e. The van der Waals surface area contributed by atoms with Gasteiger partial charge in [0.05, 0.1) is 37.2 Å². The van der Waals surface area contributed by atoms with E-state index in [0.29, 0.717) is 18.0 Å². The first-order chi connectivity index (χ1) is 17.2. The van der Waals surface area contributed by atoms with Gasteiger partial charge in [-0.3, -0.25) is 0 Å². The van der Waals surface area contributed by atoms with Crippen LogP contribution in [0.3, 0.4) is 0 Å². The fraction of sp³-hybridized carbons (Fsp3) is 0.103. The summed E-state index contributed by atoms with van der Waals surface area (Å²) in [6.45, 7) is 0.495. The molecule has 0 amide bonds. The molecule has 0 unspecified atom stereocenters. The Morgan fingerprint density at radius 2 is 1.34 bits per heavy atom. The Morgan fingerprint density at radius 1 is 0.714 bits per heavy atom. The van der Waals surface area contributed by atoms with Crippen molar-refractivity contribution in [1.82, 2.24) is 14.5 Å². The number of ether oxygens (including phenoxy) is 2. The van der Waals surface area contributed by atoms with Crippen LogP contribution in [0.5, 0.6) is 17.4 Å². The molecule has 0 atom stereocenters. The van der Waals surface area contributed by atoms with Crippen molar-refractivity contribution < 1.29 is 14.6 Å². The number of aromatic amines is 2. The molecule has 0 aliphatic heterocycles. The van der Waals surface area contributed by atoms with Crippen LogP contribution < -0.4 is 9.47 Å². The van der Waals surface area contributed by atoms with E-state index in [1.807, 2.05) is 41.0 Å². The fourth-order valence-corrected chi connectivity index (χ4v) is 5.48. The molecule has 0 aliphatic carbocycles. The Bertz CT molecular complexity index is 1920. The van der Waals surface area contributed by atoms with Gasteiger partial charge in [0.25, 0.3) is 0 Å². The molecule has 7 rings (SSSR count). The van der Waals surface area contributed by atoms with E-state index in [1.54, 1.807) is 14.2 Å². The molecule has 4 aromatic carbocycles. The van der Waals surface area contributed by atoms with Crippen LogP contribution in [0, 0.1) is 0 Å². The van der Waals surface area contributed by atoms with Crippen molar-refractivity contribution in [1.29, 1.82) is 0 Å². The molecule has 0 aliphatic rings. The summed E-state index contributed by atoms with van der Waals surface area (Å²) < 4.78 is 12.8. The molecule has 0 radical (unpaired) electrons. The number of rotatable bonds is 4. The van der Waals surface area contributed by atoms with E-state index in [2.05, 4.69) is 46.5 Å². The number of aromatic nitrogens is 3. The third-order valence-electron chi connectivity index (χ3n) is 7.03. The van der Waals surface area contributed by atoms with Crippen molar-refractivity contribution in [3.63, 3.8) is 0 Å². The van der Waals surface area contributed by atoms with Crippen LogP contribution >= 0.6 is 0 Å². The van der Waals surface area contributed by atoms with Gasteiger partial charge in [0, 0.05) is 44.2 Å². The molecule has 6 heteroatoms. The van der Waals surface area contributed by atoms with Gasteiger partial charge >= 0.3 is 0 Å². The monoisotopic (exact) mass is 461 g/mol. The van der Waals surface area contributed by atoms with E-state index in [9.17, 15) is 5.11 Å². The Hall–Kier alpha value is -4.58. The molecule has 3 heterocycles. The minimum Gasteiger partial charge on any atom is -0.494 e. The number of nitrogens with one attached hydrogen (secondary N) is 2. The number of H-pyrrole nitrogens is 2. The largest absolute Gasteiger partial charge is 0.494 e. The van der Waals surface area contributed by atoms with Gasteiger partial charge in [-0.05, 0) is 29.8 Å². The topological polar surface area (TPSA) is 75.2 Å². The third-order valence-corrected chi connectivity index (χ3v) is 7.03. The van der Waals surface area contributed by atoms with Crippen LogP contribution in [0.4, 0.5) is 0 Å². The summed E-state index contributed by atoms with van der Waals surface area (Å²) in [6.07, 6.45) is 2.06. The van der Waals surface area contributed by atoms with Gasteiger partial charge in [-0.1, -0.05) is 42.5 Å². The standard InChI is InChI=1S/C29H23N3O3/c1-34-22-12-11-16(13-23(22)35-2)14-32-15-19-24-17-7-3-5-9-20(17)30-27(24)28-25(26(19)29(32)33)18-8-4-6-10-21(18)31-28/h3-13,15,30-31,33H,14H2,1-2H3. The van der Waals surface area contributed by atoms with E-state index >= 15 is 0 Å². The molecule has 6 nitrogen and oxygen atoms in total. The van der Waals surface area contributed by atoms with Crippen LogP contribution in [0.15, 0.2) is 72.9 Å². The molecule has 7 aromatic rings. The molecule has 3 N–H and O–H groups in total. The molecule has 0 fully saturated rings. The number of para-hydroxylation sites is 2. The SMILES string of the molecule is COc1ccc(Cn2cc3c(c2O)c2c4ccccc4[nH]c2c2[nH]c4ccccc4c32)cc1OC. The zero-order valence-electron chi connectivity index (χ0n) is 19.3. The highest BCUT2D eigenvalue weighted by Gasteiger charge is 2.22. The van der Waals surface area contributed by atoms with Gasteiger partial charge in [-0.25, -0.2) is 0 Å². The van der Waals surface area contributed by atoms with Crippen molar-refractivity contribution in [3.05, 3.63) is 78.5 Å². The number of aromatic hydroxyl groups is 1. The lowest BCUT2D eigenvalue weighted by molar-refractivity contribution is 0.354. The predicted octanol–water partition coefficient (Wildman–Crippen LogP) is 6.68. The molecule has 0 saturated heterocycles. The fourth-order valence-electron chi connectivity index (χ4n) is 5.48. The Morgan fingerprint density at radius 3 is 2.03 bits per heavy atom. The number of methoxy groups -OCH3 is 2. The summed E-state index contributed by atoms with van der Waals surface area (Å²) >= 11 is 0. The Labute approximate surface area is 200 Å². The van der Waals surface area contributed by atoms with Crippen molar-refractivity contribution in [3.8, 4) is 17.4 Å². The maximum atomic E-state index is 11.6. The van der Waals surface area contributed by atoms with Crippen LogP contribution in [0.2, 0.25) is 0 Å². The van der Waals surface area contributed by atoms with Gasteiger partial charge < -0.3 is 29.1 Å². The minimum absolute atomic E-state index is 0.247. The first-order valence-electron chi connectivity index (χ1n) is 11.5. The van der Waals surface area contributed by atoms with Crippen molar-refractivity contribution in [2.24, 2.45) is 0 Å². The highest BCUT2D eigenvalue weighted by Crippen LogP contribution is 2.45. The van der Waals surface area contributed by atoms with Crippen molar-refractivity contribution in [2.45, 2.75) is 6.54 Å². The van der Waals surface area contributed by atoms with E-state index in [1.165, 1.54) is 0 Å². The molecular formula is C29H23N3O3. The summed E-state index contributed by atoms with van der Waals surface area (Å²) in [5, 5.41) is 17.8. The van der Waals surface area contributed by atoms with Gasteiger partial charge in [0.1, 0.15) is 0 Å². The van der Waals surface area contributed by atoms with E-state index in [-0.39, 0.29) is 5.88 Å². The number of nitrogens with zero attached hydrogens (tertiary/aromatic N) is 1. The summed E-state index contributed by atoms with van der Waals surface area (Å²) in [7, 11) is 3.26. The summed E-state index contributed by atoms with van der Waals surface area (Å²) in [5.74, 6) is 1.59. The Kier molecular flexibility index (Phi) is 4.09. The highest BCUT2D eigenvalue weighted by molar-refractivity contribution is 6.36.